The monoisotopic (exact) mass is 240 g/mol. The number of rotatable bonds is 5. The third-order valence-electron chi connectivity index (χ3n) is 3.05. The Morgan fingerprint density at radius 3 is 2.29 bits per heavy atom. The fourth-order valence-corrected chi connectivity index (χ4v) is 2.11. The quantitative estimate of drug-likeness (QED) is 0.857. The molecule has 0 saturated heterocycles. The van der Waals surface area contributed by atoms with E-state index in [1.807, 2.05) is 11.8 Å². The first kappa shape index (κ1) is 12.3. The highest BCUT2D eigenvalue weighted by atomic mass is 19.1. The zero-order chi connectivity index (χ0) is 12.4. The van der Waals surface area contributed by atoms with Gasteiger partial charge in [-0.05, 0) is 37.0 Å². The molecule has 94 valence electrons. The van der Waals surface area contributed by atoms with Gasteiger partial charge in [0.1, 0.15) is 17.3 Å². The molecule has 0 amide bonds. The highest BCUT2D eigenvalue weighted by Gasteiger charge is 2.32. The summed E-state index contributed by atoms with van der Waals surface area (Å²) in [6.45, 7) is 2.87. The van der Waals surface area contributed by atoms with E-state index in [1.54, 1.807) is 0 Å². The molecule has 1 aromatic carbocycles. The summed E-state index contributed by atoms with van der Waals surface area (Å²) < 4.78 is 27.8. The fraction of sp³-hybridized carbons (Fsp3) is 0.538. The van der Waals surface area contributed by atoms with Gasteiger partial charge in [0, 0.05) is 19.1 Å². The van der Waals surface area contributed by atoms with Crippen molar-refractivity contribution in [1.82, 2.24) is 0 Å². The molecule has 2 N–H and O–H groups in total. The summed E-state index contributed by atoms with van der Waals surface area (Å²) in [5.74, 6) is -0.989. The van der Waals surface area contributed by atoms with Gasteiger partial charge in [-0.2, -0.15) is 0 Å². The van der Waals surface area contributed by atoms with E-state index in [0.29, 0.717) is 18.2 Å². The molecule has 17 heavy (non-hydrogen) atoms. The second kappa shape index (κ2) is 5.00. The van der Waals surface area contributed by atoms with Gasteiger partial charge in [-0.3, -0.25) is 0 Å². The fourth-order valence-electron chi connectivity index (χ4n) is 2.11. The van der Waals surface area contributed by atoms with Gasteiger partial charge in [0.05, 0.1) is 0 Å². The minimum atomic E-state index is -0.495. The minimum Gasteiger partial charge on any atom is -0.364 e. The van der Waals surface area contributed by atoms with Gasteiger partial charge in [0.2, 0.25) is 0 Å². The van der Waals surface area contributed by atoms with Crippen LogP contribution in [0.1, 0.15) is 31.7 Å². The Bertz CT molecular complexity index is 379. The summed E-state index contributed by atoms with van der Waals surface area (Å²) in [5.41, 5.74) is 6.01. The molecule has 1 fully saturated rings. The van der Waals surface area contributed by atoms with Crippen LogP contribution in [0.3, 0.4) is 0 Å². The predicted octanol–water partition coefficient (Wildman–Crippen LogP) is 2.80. The molecule has 0 radical (unpaired) electrons. The molecule has 2 rings (SSSR count). The molecule has 0 unspecified atom stereocenters. The van der Waals surface area contributed by atoms with Crippen LogP contribution in [0.15, 0.2) is 12.1 Å². The lowest BCUT2D eigenvalue weighted by Gasteiger charge is -2.25. The van der Waals surface area contributed by atoms with Crippen molar-refractivity contribution in [2.75, 3.05) is 11.4 Å². The van der Waals surface area contributed by atoms with E-state index in [1.165, 1.54) is 12.1 Å². The van der Waals surface area contributed by atoms with Crippen LogP contribution >= 0.6 is 0 Å². The van der Waals surface area contributed by atoms with Crippen molar-refractivity contribution in [3.63, 3.8) is 0 Å². The Morgan fingerprint density at radius 1 is 1.29 bits per heavy atom. The molecule has 4 heteroatoms. The first-order valence-corrected chi connectivity index (χ1v) is 6.12. The van der Waals surface area contributed by atoms with Gasteiger partial charge in [-0.1, -0.05) is 6.92 Å². The maximum absolute atomic E-state index is 13.9. The van der Waals surface area contributed by atoms with Gasteiger partial charge >= 0.3 is 0 Å². The smallest absolute Gasteiger partial charge is 0.149 e. The van der Waals surface area contributed by atoms with Crippen molar-refractivity contribution >= 4 is 5.69 Å². The number of nitrogens with two attached hydrogens (primary N) is 1. The van der Waals surface area contributed by atoms with Crippen LogP contribution in [0, 0.1) is 11.6 Å². The molecule has 0 aliphatic heterocycles. The number of nitrogens with zero attached hydrogens (tertiary/aromatic N) is 1. The van der Waals surface area contributed by atoms with Crippen LogP contribution in [0.2, 0.25) is 0 Å². The van der Waals surface area contributed by atoms with E-state index in [9.17, 15) is 8.78 Å². The van der Waals surface area contributed by atoms with Crippen molar-refractivity contribution in [2.24, 2.45) is 5.73 Å². The Kier molecular flexibility index (Phi) is 3.62. The van der Waals surface area contributed by atoms with Crippen LogP contribution in [0.25, 0.3) is 0 Å². The van der Waals surface area contributed by atoms with E-state index in [-0.39, 0.29) is 12.2 Å². The normalized spacial score (nSPS) is 15.1. The van der Waals surface area contributed by atoms with Crippen molar-refractivity contribution in [2.45, 2.75) is 38.8 Å². The highest BCUT2D eigenvalue weighted by molar-refractivity contribution is 5.52. The molecular weight excluding hydrogens is 222 g/mol. The van der Waals surface area contributed by atoms with Gasteiger partial charge in [-0.25, -0.2) is 8.78 Å². The second-order valence-electron chi connectivity index (χ2n) is 4.54. The van der Waals surface area contributed by atoms with E-state index < -0.39 is 11.6 Å². The average Bonchev–Trinajstić information content (AvgIpc) is 3.10. The maximum atomic E-state index is 13.9. The van der Waals surface area contributed by atoms with E-state index in [4.69, 9.17) is 5.73 Å². The van der Waals surface area contributed by atoms with Gasteiger partial charge in [-0.15, -0.1) is 0 Å². The first-order valence-electron chi connectivity index (χ1n) is 6.12. The molecule has 1 aliphatic rings. The first-order chi connectivity index (χ1) is 8.17. The molecule has 0 atom stereocenters. The molecule has 1 aromatic rings. The van der Waals surface area contributed by atoms with Crippen molar-refractivity contribution in [3.05, 3.63) is 29.3 Å². The largest absolute Gasteiger partial charge is 0.364 e. The second-order valence-corrected chi connectivity index (χ2v) is 4.54. The molecule has 1 aliphatic carbocycles. The lowest BCUT2D eigenvalue weighted by atomic mass is 10.1. The van der Waals surface area contributed by atoms with Crippen LogP contribution < -0.4 is 10.6 Å². The third kappa shape index (κ3) is 2.57. The molecule has 0 aromatic heterocycles. The standard InChI is InChI=1S/C13H18F2N2/c1-2-5-17(10-3-4-10)13-11(14)6-9(8-16)7-12(13)15/h6-7,10H,2-5,8,16H2,1H3. The van der Waals surface area contributed by atoms with Crippen LogP contribution in [-0.4, -0.2) is 12.6 Å². The molecular formula is C13H18F2N2. The lowest BCUT2D eigenvalue weighted by Crippen LogP contribution is -2.28. The van der Waals surface area contributed by atoms with Crippen LogP contribution in [0.4, 0.5) is 14.5 Å². The number of hydrogen-bond acceptors (Lipinski definition) is 2. The van der Waals surface area contributed by atoms with Gasteiger partial charge < -0.3 is 10.6 Å². The third-order valence-corrected chi connectivity index (χ3v) is 3.05. The predicted molar refractivity (Wildman–Crippen MR) is 64.9 cm³/mol. The maximum Gasteiger partial charge on any atom is 0.149 e. The van der Waals surface area contributed by atoms with E-state index in [0.717, 1.165) is 19.3 Å². The lowest BCUT2D eigenvalue weighted by molar-refractivity contribution is 0.564. The van der Waals surface area contributed by atoms with Crippen LogP contribution in [-0.2, 0) is 6.54 Å². The average molecular weight is 240 g/mol. The molecule has 1 saturated carbocycles. The Hall–Kier alpha value is -1.16. The number of halogens is 2. The van der Waals surface area contributed by atoms with Gasteiger partial charge in [0.25, 0.3) is 0 Å². The Labute approximate surface area is 100 Å². The molecule has 0 spiro atoms. The molecule has 2 nitrogen and oxygen atoms in total. The zero-order valence-corrected chi connectivity index (χ0v) is 10.0. The van der Waals surface area contributed by atoms with Gasteiger partial charge in [0.15, 0.2) is 0 Å². The van der Waals surface area contributed by atoms with Crippen LogP contribution in [0.5, 0.6) is 0 Å². The zero-order valence-electron chi connectivity index (χ0n) is 10.0. The molecule has 0 bridgehead atoms. The summed E-state index contributed by atoms with van der Waals surface area (Å²) in [6.07, 6.45) is 2.93. The van der Waals surface area contributed by atoms with E-state index >= 15 is 0 Å². The van der Waals surface area contributed by atoms with E-state index in [2.05, 4.69) is 0 Å². The summed E-state index contributed by atoms with van der Waals surface area (Å²) in [7, 11) is 0. The minimum absolute atomic E-state index is 0.117. The topological polar surface area (TPSA) is 29.3 Å². The van der Waals surface area contributed by atoms with Crippen molar-refractivity contribution in [3.8, 4) is 0 Å². The SMILES string of the molecule is CCCN(c1c(F)cc(CN)cc1F)C1CC1. The summed E-state index contributed by atoms with van der Waals surface area (Å²) >= 11 is 0. The Morgan fingerprint density at radius 2 is 1.88 bits per heavy atom. The summed E-state index contributed by atoms with van der Waals surface area (Å²) in [5, 5.41) is 0. The van der Waals surface area contributed by atoms with Crippen molar-refractivity contribution in [1.29, 1.82) is 0 Å². The Balaban J connectivity index is 2.35. The summed E-state index contributed by atoms with van der Waals surface area (Å²) in [4.78, 5) is 1.85. The summed E-state index contributed by atoms with van der Waals surface area (Å²) in [6, 6.07) is 2.98. The number of benzene rings is 1. The molecule has 0 heterocycles. The number of hydrogen-bond donors (Lipinski definition) is 1. The highest BCUT2D eigenvalue weighted by Crippen LogP contribution is 2.35. The van der Waals surface area contributed by atoms with Crippen molar-refractivity contribution < 1.29 is 8.78 Å². The number of anilines is 1.